The van der Waals surface area contributed by atoms with Gasteiger partial charge in [0.1, 0.15) is 11.8 Å². The van der Waals surface area contributed by atoms with E-state index in [1.54, 1.807) is 0 Å². The van der Waals surface area contributed by atoms with Crippen LogP contribution in [0.25, 0.3) is 23.3 Å². The van der Waals surface area contributed by atoms with Crippen LogP contribution in [0.4, 0.5) is 0 Å². The van der Waals surface area contributed by atoms with Gasteiger partial charge in [0.15, 0.2) is 6.29 Å². The molecule has 0 aliphatic heterocycles. The first kappa shape index (κ1) is 22.1. The molecule has 0 spiro atoms. The molecule has 0 fully saturated rings. The van der Waals surface area contributed by atoms with Crippen LogP contribution in [0, 0.1) is 18.3 Å². The Morgan fingerprint density at radius 1 is 0.935 bits per heavy atom. The summed E-state index contributed by atoms with van der Waals surface area (Å²) in [5.41, 5.74) is 5.94. The first-order valence-corrected chi connectivity index (χ1v) is 10.7. The third-order valence-corrected chi connectivity index (χ3v) is 5.27. The average molecular weight is 410 g/mol. The zero-order valence-corrected chi connectivity index (χ0v) is 18.1. The number of benzene rings is 3. The van der Waals surface area contributed by atoms with Gasteiger partial charge in [0, 0.05) is 5.56 Å². The van der Waals surface area contributed by atoms with Crippen LogP contribution in [0.1, 0.15) is 58.8 Å². The molecule has 0 saturated heterocycles. The molecule has 3 aromatic rings. The molecule has 3 aromatic carbocycles. The lowest BCUT2D eigenvalue weighted by molar-refractivity contribution is 0.111. The minimum atomic E-state index is 0.565. The van der Waals surface area contributed by atoms with Gasteiger partial charge in [-0.15, -0.1) is 0 Å². The summed E-state index contributed by atoms with van der Waals surface area (Å²) in [6, 6.07) is 21.9. The molecule has 0 saturated carbocycles. The van der Waals surface area contributed by atoms with Gasteiger partial charge in [-0.2, -0.15) is 5.26 Å². The van der Waals surface area contributed by atoms with Gasteiger partial charge >= 0.3 is 0 Å². The summed E-state index contributed by atoms with van der Waals surface area (Å²) in [6.07, 6.45) is 7.96. The molecule has 0 atom stereocenters. The molecule has 0 N–H and O–H groups in total. The molecule has 3 heteroatoms. The topological polar surface area (TPSA) is 50.1 Å². The third-order valence-electron chi connectivity index (χ3n) is 5.27. The number of carbonyl (C=O) groups is 1. The Labute approximate surface area is 184 Å². The smallest absolute Gasteiger partial charge is 0.153 e. The summed E-state index contributed by atoms with van der Waals surface area (Å²) in [5, 5.41) is 9.82. The molecule has 0 aliphatic carbocycles. The zero-order valence-electron chi connectivity index (χ0n) is 18.1. The monoisotopic (exact) mass is 409 g/mol. The second kappa shape index (κ2) is 10.9. The van der Waals surface area contributed by atoms with E-state index in [-0.39, 0.29) is 0 Å². The van der Waals surface area contributed by atoms with E-state index >= 15 is 0 Å². The van der Waals surface area contributed by atoms with Gasteiger partial charge in [0.2, 0.25) is 0 Å². The second-order valence-electron chi connectivity index (χ2n) is 7.50. The molecule has 3 rings (SSSR count). The summed E-state index contributed by atoms with van der Waals surface area (Å²) < 4.78 is 5.88. The molecular weight excluding hydrogens is 382 g/mol. The first-order chi connectivity index (χ1) is 15.2. The number of hydrogen-bond donors (Lipinski definition) is 0. The van der Waals surface area contributed by atoms with Crippen molar-refractivity contribution < 1.29 is 9.53 Å². The van der Waals surface area contributed by atoms with Crippen LogP contribution in [0.2, 0.25) is 0 Å². The maximum Gasteiger partial charge on any atom is 0.153 e. The van der Waals surface area contributed by atoms with Crippen LogP contribution >= 0.6 is 0 Å². The number of hydrogen-bond acceptors (Lipinski definition) is 3. The Hall–Kier alpha value is -3.64. The first-order valence-electron chi connectivity index (χ1n) is 10.7. The van der Waals surface area contributed by atoms with Crippen molar-refractivity contribution in [2.45, 2.75) is 33.1 Å². The number of aryl methyl sites for hydroxylation is 1. The largest absolute Gasteiger partial charge is 0.493 e. The molecule has 0 radical (unpaired) electrons. The Morgan fingerprint density at radius 2 is 1.71 bits per heavy atom. The number of carbonyl (C=O) groups excluding carboxylic acids is 1. The van der Waals surface area contributed by atoms with E-state index < -0.39 is 0 Å². The highest BCUT2D eigenvalue weighted by Gasteiger charge is 2.10. The van der Waals surface area contributed by atoms with E-state index in [0.717, 1.165) is 53.4 Å². The van der Waals surface area contributed by atoms with Crippen LogP contribution in [0.5, 0.6) is 5.75 Å². The van der Waals surface area contributed by atoms with E-state index in [1.807, 2.05) is 79.7 Å². The number of ether oxygens (including phenoxy) is 1. The summed E-state index contributed by atoms with van der Waals surface area (Å²) >= 11 is 0. The average Bonchev–Trinajstić information content (AvgIpc) is 2.81. The summed E-state index contributed by atoms with van der Waals surface area (Å²) in [4.78, 5) is 11.5. The molecule has 0 bridgehead atoms. The molecule has 0 aliphatic rings. The van der Waals surface area contributed by atoms with Gasteiger partial charge < -0.3 is 4.74 Å². The van der Waals surface area contributed by atoms with Gasteiger partial charge in [-0.1, -0.05) is 80.4 Å². The van der Waals surface area contributed by atoms with Crippen molar-refractivity contribution in [2.75, 3.05) is 6.61 Å². The Morgan fingerprint density at radius 3 is 2.42 bits per heavy atom. The van der Waals surface area contributed by atoms with Crippen molar-refractivity contribution in [2.24, 2.45) is 0 Å². The molecule has 0 heterocycles. The van der Waals surface area contributed by atoms with E-state index in [2.05, 4.69) is 13.0 Å². The minimum absolute atomic E-state index is 0.565. The number of rotatable bonds is 9. The predicted octanol–water partition coefficient (Wildman–Crippen LogP) is 7.09. The predicted molar refractivity (Wildman–Crippen MR) is 127 cm³/mol. The second-order valence-corrected chi connectivity index (χ2v) is 7.50. The van der Waals surface area contributed by atoms with Crippen molar-refractivity contribution >= 4 is 18.4 Å². The SMILES string of the molecule is CCCCCOc1cc(/C=C/c2cccc(-c3ccccc3)c2C#N)c(C)cc1C=O. The Bertz CT molecular complexity index is 1110. The lowest BCUT2D eigenvalue weighted by Crippen LogP contribution is -2.01. The number of aldehydes is 1. The van der Waals surface area contributed by atoms with E-state index in [4.69, 9.17) is 4.74 Å². The highest BCUT2D eigenvalue weighted by molar-refractivity contribution is 5.84. The van der Waals surface area contributed by atoms with Gasteiger partial charge in [-0.25, -0.2) is 0 Å². The Balaban J connectivity index is 1.93. The van der Waals surface area contributed by atoms with Crippen molar-refractivity contribution in [1.29, 1.82) is 5.26 Å². The maximum atomic E-state index is 11.5. The van der Waals surface area contributed by atoms with E-state index in [9.17, 15) is 10.1 Å². The molecular formula is C28H27NO2. The summed E-state index contributed by atoms with van der Waals surface area (Å²) in [7, 11) is 0. The highest BCUT2D eigenvalue weighted by atomic mass is 16.5. The fourth-order valence-corrected chi connectivity index (χ4v) is 3.53. The van der Waals surface area contributed by atoms with Gasteiger partial charge in [-0.3, -0.25) is 4.79 Å². The lowest BCUT2D eigenvalue weighted by Gasteiger charge is -2.11. The van der Waals surface area contributed by atoms with Gasteiger partial charge in [0.25, 0.3) is 0 Å². The minimum Gasteiger partial charge on any atom is -0.493 e. The highest BCUT2D eigenvalue weighted by Crippen LogP contribution is 2.28. The zero-order chi connectivity index (χ0) is 22.1. The standard InChI is InChI=1S/C28H27NO2/c1-3-4-8-16-31-28-18-24(21(2)17-25(28)20-30)15-14-23-12-9-13-26(27(23)19-29)22-10-6-5-7-11-22/h5-7,9-15,17-18,20H,3-4,8,16H2,1-2H3/b15-14+. The summed E-state index contributed by atoms with van der Waals surface area (Å²) in [5.74, 6) is 0.606. The van der Waals surface area contributed by atoms with Crippen molar-refractivity contribution in [3.63, 3.8) is 0 Å². The maximum absolute atomic E-state index is 11.5. The lowest BCUT2D eigenvalue weighted by atomic mass is 9.95. The fourth-order valence-electron chi connectivity index (χ4n) is 3.53. The molecule has 0 aromatic heterocycles. The molecule has 3 nitrogen and oxygen atoms in total. The number of nitrogens with zero attached hydrogens (tertiary/aromatic N) is 1. The van der Waals surface area contributed by atoms with E-state index in [1.165, 1.54) is 0 Å². The van der Waals surface area contributed by atoms with Crippen LogP contribution < -0.4 is 4.74 Å². The van der Waals surface area contributed by atoms with Gasteiger partial charge in [0.05, 0.1) is 17.7 Å². The fraction of sp³-hybridized carbons (Fsp3) is 0.214. The van der Waals surface area contributed by atoms with E-state index in [0.29, 0.717) is 23.5 Å². The molecule has 0 amide bonds. The van der Waals surface area contributed by atoms with Crippen LogP contribution in [-0.2, 0) is 0 Å². The van der Waals surface area contributed by atoms with Gasteiger partial charge in [-0.05, 0) is 47.7 Å². The van der Waals surface area contributed by atoms with Crippen molar-refractivity contribution in [3.8, 4) is 22.9 Å². The molecule has 31 heavy (non-hydrogen) atoms. The number of nitriles is 1. The summed E-state index contributed by atoms with van der Waals surface area (Å²) in [6.45, 7) is 4.71. The van der Waals surface area contributed by atoms with Crippen LogP contribution in [-0.4, -0.2) is 12.9 Å². The van der Waals surface area contributed by atoms with Crippen molar-refractivity contribution in [1.82, 2.24) is 0 Å². The molecule has 0 unspecified atom stereocenters. The third kappa shape index (κ3) is 5.49. The van der Waals surface area contributed by atoms with Crippen LogP contribution in [0.15, 0.2) is 60.7 Å². The van der Waals surface area contributed by atoms with Crippen molar-refractivity contribution in [3.05, 3.63) is 88.5 Å². The number of unbranched alkanes of at least 4 members (excludes halogenated alkanes) is 2. The quantitative estimate of drug-likeness (QED) is 0.215. The molecule has 156 valence electrons. The Kier molecular flexibility index (Phi) is 7.79. The normalized spacial score (nSPS) is 10.7. The van der Waals surface area contributed by atoms with Crippen LogP contribution in [0.3, 0.4) is 0 Å².